The summed E-state index contributed by atoms with van der Waals surface area (Å²) in [5, 5.41) is 3.03. The number of hydrogen-bond donors (Lipinski definition) is 2. The Labute approximate surface area is 43.4 Å². The van der Waals surface area contributed by atoms with Crippen LogP contribution in [0.2, 0.25) is 0 Å². The van der Waals surface area contributed by atoms with Gasteiger partial charge in [0.05, 0.1) is 0 Å². The van der Waals surface area contributed by atoms with Crippen molar-refractivity contribution in [1.82, 2.24) is 5.32 Å². The molecule has 1 unspecified atom stereocenters. The molecule has 0 radical (unpaired) electrons. The average Bonchev–Trinajstić information content (AvgIpc) is 1.69. The van der Waals surface area contributed by atoms with Gasteiger partial charge in [0, 0.05) is 12.6 Å². The molecule has 1 aliphatic heterocycles. The Balaban J connectivity index is 2.32. The van der Waals surface area contributed by atoms with Crippen molar-refractivity contribution in [2.24, 2.45) is 5.73 Å². The highest BCUT2D eigenvalue weighted by atomic mass is 14.9. The molecule has 0 aromatic heterocycles. The summed E-state index contributed by atoms with van der Waals surface area (Å²) < 4.78 is 0. The molecule has 0 spiro atoms. The summed E-state index contributed by atoms with van der Waals surface area (Å²) in [6.45, 7) is 0.927. The first-order valence-corrected chi connectivity index (χ1v) is 2.53. The summed E-state index contributed by atoms with van der Waals surface area (Å²) in [7, 11) is 0. The van der Waals surface area contributed by atoms with Crippen LogP contribution in [0.25, 0.3) is 0 Å². The highest BCUT2D eigenvalue weighted by molar-refractivity contribution is 4.90. The molecule has 7 heavy (non-hydrogen) atoms. The molecule has 0 aromatic carbocycles. The number of nitrogens with one attached hydrogen (secondary N) is 1. The second kappa shape index (κ2) is 1.98. The standard InChI is InChI=1S/C5H10N2/c6-5-2-1-3-7-4-5/h1,3,5,7H,2,4,6H2. The van der Waals surface area contributed by atoms with E-state index < -0.39 is 0 Å². The van der Waals surface area contributed by atoms with Crippen LogP contribution in [0, 0.1) is 0 Å². The van der Waals surface area contributed by atoms with E-state index in [0.717, 1.165) is 13.0 Å². The summed E-state index contributed by atoms with van der Waals surface area (Å²) >= 11 is 0. The van der Waals surface area contributed by atoms with Gasteiger partial charge in [0.25, 0.3) is 0 Å². The van der Waals surface area contributed by atoms with E-state index in [1.54, 1.807) is 0 Å². The molecule has 0 saturated carbocycles. The van der Waals surface area contributed by atoms with E-state index in [-0.39, 0.29) is 0 Å². The molecule has 40 valence electrons. The zero-order valence-corrected chi connectivity index (χ0v) is 4.22. The van der Waals surface area contributed by atoms with E-state index in [1.807, 2.05) is 12.3 Å². The minimum Gasteiger partial charge on any atom is -0.390 e. The van der Waals surface area contributed by atoms with Gasteiger partial charge in [0.1, 0.15) is 0 Å². The van der Waals surface area contributed by atoms with E-state index in [9.17, 15) is 0 Å². The summed E-state index contributed by atoms with van der Waals surface area (Å²) in [4.78, 5) is 0. The van der Waals surface area contributed by atoms with Crippen LogP contribution >= 0.6 is 0 Å². The van der Waals surface area contributed by atoms with Gasteiger partial charge in [-0.2, -0.15) is 0 Å². The minimum atomic E-state index is 0.338. The highest BCUT2D eigenvalue weighted by Crippen LogP contribution is 1.91. The van der Waals surface area contributed by atoms with Gasteiger partial charge in [-0.1, -0.05) is 6.08 Å². The first-order chi connectivity index (χ1) is 3.39. The predicted molar refractivity (Wildman–Crippen MR) is 29.7 cm³/mol. The van der Waals surface area contributed by atoms with E-state index in [2.05, 4.69) is 5.32 Å². The molecular weight excluding hydrogens is 88.1 g/mol. The lowest BCUT2D eigenvalue weighted by atomic mass is 10.2. The third kappa shape index (κ3) is 1.20. The van der Waals surface area contributed by atoms with Gasteiger partial charge in [0.2, 0.25) is 0 Å². The lowest BCUT2D eigenvalue weighted by Crippen LogP contribution is -2.33. The molecule has 0 aromatic rings. The summed E-state index contributed by atoms with van der Waals surface area (Å²) in [5.74, 6) is 0. The van der Waals surface area contributed by atoms with E-state index in [1.165, 1.54) is 0 Å². The monoisotopic (exact) mass is 98.1 g/mol. The van der Waals surface area contributed by atoms with Gasteiger partial charge in [-0.25, -0.2) is 0 Å². The Bertz CT molecular complexity index is 78.1. The molecule has 1 atom stereocenters. The second-order valence-electron chi connectivity index (χ2n) is 1.81. The molecule has 3 N–H and O–H groups in total. The first-order valence-electron chi connectivity index (χ1n) is 2.53. The van der Waals surface area contributed by atoms with E-state index in [4.69, 9.17) is 5.73 Å². The van der Waals surface area contributed by atoms with Crippen LogP contribution in [0.5, 0.6) is 0 Å². The molecule has 0 fully saturated rings. The van der Waals surface area contributed by atoms with Crippen LogP contribution in [0.3, 0.4) is 0 Å². The fraction of sp³-hybridized carbons (Fsp3) is 0.600. The average molecular weight is 98.1 g/mol. The predicted octanol–water partition coefficient (Wildman–Crippen LogP) is -0.179. The molecule has 0 bridgehead atoms. The van der Waals surface area contributed by atoms with Crippen LogP contribution in [0.15, 0.2) is 12.3 Å². The van der Waals surface area contributed by atoms with Crippen molar-refractivity contribution >= 4 is 0 Å². The molecule has 0 saturated heterocycles. The molecule has 2 nitrogen and oxygen atoms in total. The Morgan fingerprint density at radius 2 is 2.57 bits per heavy atom. The fourth-order valence-corrected chi connectivity index (χ4v) is 0.629. The maximum Gasteiger partial charge on any atom is 0.0296 e. The zero-order valence-electron chi connectivity index (χ0n) is 4.22. The topological polar surface area (TPSA) is 38.0 Å². The van der Waals surface area contributed by atoms with Gasteiger partial charge < -0.3 is 11.1 Å². The maximum absolute atomic E-state index is 5.52. The normalized spacial score (nSPS) is 29.6. The van der Waals surface area contributed by atoms with Crippen LogP contribution in [0.4, 0.5) is 0 Å². The van der Waals surface area contributed by atoms with Crippen molar-refractivity contribution < 1.29 is 0 Å². The zero-order chi connectivity index (χ0) is 5.11. The molecule has 0 aliphatic carbocycles. The highest BCUT2D eigenvalue weighted by Gasteiger charge is 1.99. The SMILES string of the molecule is NC1CC=CNC1. The molecule has 1 aliphatic rings. The maximum atomic E-state index is 5.52. The van der Waals surface area contributed by atoms with E-state index >= 15 is 0 Å². The quantitative estimate of drug-likeness (QED) is 0.441. The fourth-order valence-electron chi connectivity index (χ4n) is 0.629. The Morgan fingerprint density at radius 1 is 1.71 bits per heavy atom. The van der Waals surface area contributed by atoms with Crippen molar-refractivity contribution in [3.8, 4) is 0 Å². The van der Waals surface area contributed by atoms with Gasteiger partial charge >= 0.3 is 0 Å². The van der Waals surface area contributed by atoms with Crippen molar-refractivity contribution in [2.45, 2.75) is 12.5 Å². The molecular formula is C5H10N2. The van der Waals surface area contributed by atoms with Crippen molar-refractivity contribution in [2.75, 3.05) is 6.54 Å². The molecule has 1 heterocycles. The number of nitrogens with two attached hydrogens (primary N) is 1. The van der Waals surface area contributed by atoms with Gasteiger partial charge in [0.15, 0.2) is 0 Å². The Morgan fingerprint density at radius 3 is 2.86 bits per heavy atom. The minimum absolute atomic E-state index is 0.338. The first kappa shape index (κ1) is 4.65. The molecule has 0 amide bonds. The van der Waals surface area contributed by atoms with Crippen molar-refractivity contribution in [3.63, 3.8) is 0 Å². The van der Waals surface area contributed by atoms with Crippen molar-refractivity contribution in [1.29, 1.82) is 0 Å². The van der Waals surface area contributed by atoms with Gasteiger partial charge in [-0.15, -0.1) is 0 Å². The summed E-state index contributed by atoms with van der Waals surface area (Å²) in [6.07, 6.45) is 5.02. The number of hydrogen-bond acceptors (Lipinski definition) is 2. The Kier molecular flexibility index (Phi) is 1.32. The lowest BCUT2D eigenvalue weighted by Gasteiger charge is -2.12. The lowest BCUT2D eigenvalue weighted by molar-refractivity contribution is 0.615. The van der Waals surface area contributed by atoms with Crippen molar-refractivity contribution in [3.05, 3.63) is 12.3 Å². The summed E-state index contributed by atoms with van der Waals surface area (Å²) in [5.41, 5.74) is 5.52. The summed E-state index contributed by atoms with van der Waals surface area (Å²) in [6, 6.07) is 0.338. The molecule has 2 heteroatoms. The van der Waals surface area contributed by atoms with Crippen LogP contribution in [-0.2, 0) is 0 Å². The smallest absolute Gasteiger partial charge is 0.0296 e. The van der Waals surface area contributed by atoms with E-state index in [0.29, 0.717) is 6.04 Å². The largest absolute Gasteiger partial charge is 0.390 e. The van der Waals surface area contributed by atoms with Crippen LogP contribution in [-0.4, -0.2) is 12.6 Å². The Hall–Kier alpha value is -0.500. The van der Waals surface area contributed by atoms with Gasteiger partial charge in [-0.3, -0.25) is 0 Å². The third-order valence-electron chi connectivity index (χ3n) is 1.05. The third-order valence-corrected chi connectivity index (χ3v) is 1.05. The number of rotatable bonds is 0. The van der Waals surface area contributed by atoms with Crippen LogP contribution < -0.4 is 11.1 Å². The van der Waals surface area contributed by atoms with Crippen LogP contribution in [0.1, 0.15) is 6.42 Å². The second-order valence-corrected chi connectivity index (χ2v) is 1.81. The van der Waals surface area contributed by atoms with Gasteiger partial charge in [-0.05, 0) is 12.6 Å². The molecule has 1 rings (SSSR count).